The highest BCUT2D eigenvalue weighted by atomic mass is 79.9. The highest BCUT2D eigenvalue weighted by molar-refractivity contribution is 9.10. The molecule has 0 radical (unpaired) electrons. The fourth-order valence-corrected chi connectivity index (χ4v) is 1.71. The lowest BCUT2D eigenvalue weighted by atomic mass is 10.2. The Hall–Kier alpha value is -0.520. The molecule has 1 rings (SSSR count). The molecule has 0 unspecified atom stereocenters. The van der Waals surface area contributed by atoms with E-state index in [0.717, 1.165) is 12.8 Å². The topological polar surface area (TPSA) is 18.5 Å². The van der Waals surface area contributed by atoms with Crippen LogP contribution >= 0.6 is 15.9 Å². The van der Waals surface area contributed by atoms with Crippen molar-refractivity contribution in [2.75, 3.05) is 19.8 Å². The first-order chi connectivity index (χ1) is 8.66. The van der Waals surface area contributed by atoms with Crippen molar-refractivity contribution in [2.45, 2.75) is 26.4 Å². The maximum atomic E-state index is 13.5. The summed E-state index contributed by atoms with van der Waals surface area (Å²) < 4.78 is 37.6. The second-order valence-electron chi connectivity index (χ2n) is 3.84. The molecule has 0 saturated heterocycles. The molecule has 0 aliphatic rings. The second kappa shape index (κ2) is 8.56. The van der Waals surface area contributed by atoms with Gasteiger partial charge in [-0.2, -0.15) is 0 Å². The van der Waals surface area contributed by atoms with Crippen LogP contribution in [0.15, 0.2) is 16.6 Å². The van der Waals surface area contributed by atoms with Gasteiger partial charge in [-0.3, -0.25) is 0 Å². The van der Waals surface area contributed by atoms with Crippen LogP contribution in [0.4, 0.5) is 8.78 Å². The minimum absolute atomic E-state index is 0.0575. The lowest BCUT2D eigenvalue weighted by Gasteiger charge is -2.08. The quantitative estimate of drug-likeness (QED) is 0.530. The Balaban J connectivity index is 2.29. The van der Waals surface area contributed by atoms with Crippen molar-refractivity contribution in [3.05, 3.63) is 33.8 Å². The van der Waals surface area contributed by atoms with Gasteiger partial charge < -0.3 is 9.47 Å². The number of ether oxygens (including phenoxy) is 2. The molecule has 0 saturated carbocycles. The van der Waals surface area contributed by atoms with Gasteiger partial charge in [0.15, 0.2) is 0 Å². The van der Waals surface area contributed by atoms with E-state index in [1.54, 1.807) is 0 Å². The summed E-state index contributed by atoms with van der Waals surface area (Å²) in [5.41, 5.74) is -0.0575. The molecule has 0 bridgehead atoms. The van der Waals surface area contributed by atoms with Crippen LogP contribution in [0.2, 0.25) is 0 Å². The Morgan fingerprint density at radius 1 is 1.11 bits per heavy atom. The van der Waals surface area contributed by atoms with Crippen molar-refractivity contribution < 1.29 is 18.3 Å². The molecular formula is C13H17BrF2O2. The minimum atomic E-state index is -0.609. The zero-order valence-electron chi connectivity index (χ0n) is 10.3. The average molecular weight is 323 g/mol. The molecule has 0 N–H and O–H groups in total. The van der Waals surface area contributed by atoms with E-state index in [0.29, 0.717) is 19.8 Å². The van der Waals surface area contributed by atoms with Gasteiger partial charge in [0.2, 0.25) is 0 Å². The second-order valence-corrected chi connectivity index (χ2v) is 4.69. The van der Waals surface area contributed by atoms with Crippen LogP contribution < -0.4 is 0 Å². The number of benzene rings is 1. The first-order valence-electron chi connectivity index (χ1n) is 5.94. The zero-order valence-corrected chi connectivity index (χ0v) is 11.9. The van der Waals surface area contributed by atoms with Crippen molar-refractivity contribution in [3.63, 3.8) is 0 Å². The molecule has 0 aliphatic heterocycles. The molecule has 0 heterocycles. The summed E-state index contributed by atoms with van der Waals surface area (Å²) in [5.74, 6) is -1.20. The molecule has 18 heavy (non-hydrogen) atoms. The predicted octanol–water partition coefficient (Wildman–Crippen LogP) is 4.06. The largest absolute Gasteiger partial charge is 0.379 e. The molecule has 0 aliphatic carbocycles. The van der Waals surface area contributed by atoms with Gasteiger partial charge in [0.05, 0.1) is 29.9 Å². The number of halogens is 3. The Labute approximate surface area is 114 Å². The number of hydrogen-bond acceptors (Lipinski definition) is 2. The number of unbranched alkanes of at least 4 members (excludes halogenated alkanes) is 1. The van der Waals surface area contributed by atoms with E-state index in [1.807, 2.05) is 0 Å². The molecule has 1 aromatic rings. The molecule has 0 atom stereocenters. The van der Waals surface area contributed by atoms with Crippen LogP contribution in [0.25, 0.3) is 0 Å². The Morgan fingerprint density at radius 3 is 2.56 bits per heavy atom. The van der Waals surface area contributed by atoms with Gasteiger partial charge >= 0.3 is 0 Å². The van der Waals surface area contributed by atoms with Crippen molar-refractivity contribution >= 4 is 15.9 Å². The summed E-state index contributed by atoms with van der Waals surface area (Å²) in [6.07, 6.45) is 2.09. The third kappa shape index (κ3) is 5.00. The van der Waals surface area contributed by atoms with Crippen LogP contribution in [-0.4, -0.2) is 19.8 Å². The van der Waals surface area contributed by atoms with E-state index in [9.17, 15) is 8.78 Å². The molecule has 0 spiro atoms. The van der Waals surface area contributed by atoms with Crippen molar-refractivity contribution in [3.8, 4) is 0 Å². The molecular weight excluding hydrogens is 306 g/mol. The van der Waals surface area contributed by atoms with Gasteiger partial charge in [0.1, 0.15) is 11.6 Å². The van der Waals surface area contributed by atoms with E-state index < -0.39 is 11.6 Å². The van der Waals surface area contributed by atoms with E-state index in [4.69, 9.17) is 9.47 Å². The van der Waals surface area contributed by atoms with E-state index in [1.165, 1.54) is 12.1 Å². The van der Waals surface area contributed by atoms with Crippen LogP contribution in [0.3, 0.4) is 0 Å². The summed E-state index contributed by atoms with van der Waals surface area (Å²) in [7, 11) is 0. The van der Waals surface area contributed by atoms with Crippen LogP contribution in [0, 0.1) is 11.6 Å². The smallest absolute Gasteiger partial charge is 0.145 e. The molecule has 5 heteroatoms. The zero-order chi connectivity index (χ0) is 13.4. The monoisotopic (exact) mass is 322 g/mol. The van der Waals surface area contributed by atoms with Gasteiger partial charge in [-0.05, 0) is 34.5 Å². The van der Waals surface area contributed by atoms with Crippen molar-refractivity contribution in [1.82, 2.24) is 0 Å². The fraction of sp³-hybridized carbons (Fsp3) is 0.538. The maximum Gasteiger partial charge on any atom is 0.145 e. The standard InChI is InChI=1S/C13H17BrF2O2/c1-2-3-6-17-7-8-18-9-10-12(15)5-4-11(14)13(10)16/h4-5H,2-3,6-9H2,1H3. The van der Waals surface area contributed by atoms with Crippen molar-refractivity contribution in [2.24, 2.45) is 0 Å². The molecule has 0 fully saturated rings. The van der Waals surface area contributed by atoms with E-state index >= 15 is 0 Å². The molecule has 102 valence electrons. The molecule has 2 nitrogen and oxygen atoms in total. The Bertz CT molecular complexity index is 372. The summed E-state index contributed by atoms with van der Waals surface area (Å²) in [6, 6.07) is 2.55. The molecule has 0 aromatic heterocycles. The normalized spacial score (nSPS) is 10.9. The van der Waals surface area contributed by atoms with Crippen LogP contribution in [-0.2, 0) is 16.1 Å². The van der Waals surface area contributed by atoms with Crippen LogP contribution in [0.1, 0.15) is 25.3 Å². The summed E-state index contributed by atoms with van der Waals surface area (Å²) in [6.45, 7) is 3.46. The lowest BCUT2D eigenvalue weighted by molar-refractivity contribution is 0.0377. The maximum absolute atomic E-state index is 13.5. The first-order valence-corrected chi connectivity index (χ1v) is 6.74. The van der Waals surface area contributed by atoms with Gasteiger partial charge in [0, 0.05) is 6.61 Å². The van der Waals surface area contributed by atoms with Crippen LogP contribution in [0.5, 0.6) is 0 Å². The summed E-state index contributed by atoms with van der Waals surface area (Å²) in [4.78, 5) is 0. The number of rotatable bonds is 8. The highest BCUT2D eigenvalue weighted by Crippen LogP contribution is 2.22. The van der Waals surface area contributed by atoms with E-state index in [2.05, 4.69) is 22.9 Å². The molecule has 0 amide bonds. The highest BCUT2D eigenvalue weighted by Gasteiger charge is 2.12. The number of hydrogen-bond donors (Lipinski definition) is 0. The first kappa shape index (κ1) is 15.5. The minimum Gasteiger partial charge on any atom is -0.379 e. The fourth-order valence-electron chi connectivity index (χ4n) is 1.34. The van der Waals surface area contributed by atoms with Crippen molar-refractivity contribution in [1.29, 1.82) is 0 Å². The molecule has 1 aromatic carbocycles. The SMILES string of the molecule is CCCCOCCOCc1c(F)ccc(Br)c1F. The third-order valence-corrected chi connectivity index (χ3v) is 3.01. The van der Waals surface area contributed by atoms with Gasteiger partial charge in [-0.1, -0.05) is 13.3 Å². The summed E-state index contributed by atoms with van der Waals surface area (Å²) in [5, 5.41) is 0. The lowest BCUT2D eigenvalue weighted by Crippen LogP contribution is -2.07. The van der Waals surface area contributed by atoms with E-state index in [-0.39, 0.29) is 16.6 Å². The summed E-state index contributed by atoms with van der Waals surface area (Å²) >= 11 is 3.01. The Morgan fingerprint density at radius 2 is 1.83 bits per heavy atom. The Kier molecular flexibility index (Phi) is 7.39. The third-order valence-electron chi connectivity index (χ3n) is 2.40. The van der Waals surface area contributed by atoms with Gasteiger partial charge in [-0.25, -0.2) is 8.78 Å². The predicted molar refractivity (Wildman–Crippen MR) is 69.4 cm³/mol. The van der Waals surface area contributed by atoms with Gasteiger partial charge in [0.25, 0.3) is 0 Å². The average Bonchev–Trinajstić information content (AvgIpc) is 2.36. The van der Waals surface area contributed by atoms with Gasteiger partial charge in [-0.15, -0.1) is 0 Å².